The third-order valence-corrected chi connectivity index (χ3v) is 3.93. The predicted molar refractivity (Wildman–Crippen MR) is 72.9 cm³/mol. The summed E-state index contributed by atoms with van der Waals surface area (Å²) in [7, 11) is 0. The first-order chi connectivity index (χ1) is 9.38. The van der Waals surface area contributed by atoms with Gasteiger partial charge in [0.15, 0.2) is 0 Å². The van der Waals surface area contributed by atoms with E-state index >= 15 is 0 Å². The lowest BCUT2D eigenvalue weighted by atomic mass is 9.98. The highest BCUT2D eigenvalue weighted by Crippen LogP contribution is 2.30. The lowest BCUT2D eigenvalue weighted by Gasteiger charge is -2.41. The zero-order valence-electron chi connectivity index (χ0n) is 12.6. The maximum Gasteiger partial charge on any atom is 0.246 e. The number of hydrogen-bond acceptors (Lipinski definition) is 4. The smallest absolute Gasteiger partial charge is 0.246 e. The van der Waals surface area contributed by atoms with Crippen molar-refractivity contribution in [3.05, 3.63) is 17.0 Å². The number of aryl methyl sites for hydroxylation is 2. The number of rotatable bonds is 3. The van der Waals surface area contributed by atoms with Gasteiger partial charge in [-0.3, -0.25) is 9.59 Å². The number of piperazine rings is 1. The molecule has 6 nitrogen and oxygen atoms in total. The molecule has 1 saturated heterocycles. The number of aromatic nitrogens is 1. The summed E-state index contributed by atoms with van der Waals surface area (Å²) in [5.41, 5.74) is 1.65. The molecule has 0 aromatic carbocycles. The molecule has 6 heteroatoms. The maximum absolute atomic E-state index is 12.5. The maximum atomic E-state index is 12.5. The highest BCUT2D eigenvalue weighted by molar-refractivity contribution is 5.96. The van der Waals surface area contributed by atoms with Crippen LogP contribution in [0.5, 0.6) is 0 Å². The Hall–Kier alpha value is -1.85. The number of carbonyl (C=O) groups is 2. The third-order valence-electron chi connectivity index (χ3n) is 3.93. The quantitative estimate of drug-likeness (QED) is 0.909. The van der Waals surface area contributed by atoms with Gasteiger partial charge in [-0.05, 0) is 34.1 Å². The Morgan fingerprint density at radius 2 is 2.05 bits per heavy atom. The zero-order chi connectivity index (χ0) is 15.0. The molecule has 2 rings (SSSR count). The van der Waals surface area contributed by atoms with Crippen LogP contribution in [-0.4, -0.2) is 34.0 Å². The summed E-state index contributed by atoms with van der Waals surface area (Å²) in [5.74, 6) is 0.526. The minimum absolute atomic E-state index is 0.0658. The van der Waals surface area contributed by atoms with Gasteiger partial charge in [0, 0.05) is 5.56 Å². The van der Waals surface area contributed by atoms with Gasteiger partial charge >= 0.3 is 0 Å². The van der Waals surface area contributed by atoms with Crippen molar-refractivity contribution in [2.75, 3.05) is 0 Å². The van der Waals surface area contributed by atoms with Crippen LogP contribution in [-0.2, 0) is 9.59 Å². The molecule has 0 saturated carbocycles. The molecule has 0 bridgehead atoms. The topological polar surface area (TPSA) is 75.4 Å². The predicted octanol–water partition coefficient (Wildman–Crippen LogP) is 1.48. The van der Waals surface area contributed by atoms with Crippen molar-refractivity contribution in [3.8, 4) is 0 Å². The van der Waals surface area contributed by atoms with E-state index in [4.69, 9.17) is 4.52 Å². The second-order valence-corrected chi connectivity index (χ2v) is 5.31. The van der Waals surface area contributed by atoms with E-state index < -0.39 is 12.1 Å². The molecule has 1 aliphatic rings. The molecule has 0 spiro atoms. The minimum Gasteiger partial charge on any atom is -0.361 e. The van der Waals surface area contributed by atoms with Crippen molar-refractivity contribution in [1.29, 1.82) is 0 Å². The van der Waals surface area contributed by atoms with Crippen molar-refractivity contribution in [1.82, 2.24) is 15.4 Å². The van der Waals surface area contributed by atoms with E-state index in [9.17, 15) is 9.59 Å². The molecule has 1 fully saturated rings. The molecule has 20 heavy (non-hydrogen) atoms. The molecule has 3 unspecified atom stereocenters. The second kappa shape index (κ2) is 5.26. The van der Waals surface area contributed by atoms with Crippen LogP contribution in [0.2, 0.25) is 0 Å². The molecular weight excluding hydrogens is 258 g/mol. The molecule has 1 aromatic heterocycles. The summed E-state index contributed by atoms with van der Waals surface area (Å²) >= 11 is 0. The van der Waals surface area contributed by atoms with E-state index in [0.717, 1.165) is 11.3 Å². The fourth-order valence-electron chi connectivity index (χ4n) is 2.94. The van der Waals surface area contributed by atoms with E-state index in [1.165, 1.54) is 0 Å². The minimum atomic E-state index is -0.492. The fraction of sp³-hybridized carbons (Fsp3) is 0.643. The summed E-state index contributed by atoms with van der Waals surface area (Å²) in [6.45, 7) is 9.20. The van der Waals surface area contributed by atoms with Gasteiger partial charge in [0.1, 0.15) is 17.8 Å². The molecule has 1 aliphatic heterocycles. The van der Waals surface area contributed by atoms with Crippen molar-refractivity contribution in [2.45, 2.75) is 59.2 Å². The van der Waals surface area contributed by atoms with Crippen LogP contribution in [0.25, 0.3) is 0 Å². The lowest BCUT2D eigenvalue weighted by molar-refractivity contribution is -0.151. The van der Waals surface area contributed by atoms with E-state index in [1.807, 2.05) is 27.7 Å². The average Bonchev–Trinajstić information content (AvgIpc) is 2.72. The van der Waals surface area contributed by atoms with Gasteiger partial charge in [-0.2, -0.15) is 0 Å². The Morgan fingerprint density at radius 3 is 2.55 bits per heavy atom. The van der Waals surface area contributed by atoms with E-state index in [1.54, 1.807) is 11.8 Å². The lowest BCUT2D eigenvalue weighted by Crippen LogP contribution is -2.62. The summed E-state index contributed by atoms with van der Waals surface area (Å²) in [4.78, 5) is 26.2. The number of hydrogen-bond donors (Lipinski definition) is 1. The molecule has 1 N–H and O–H groups in total. The van der Waals surface area contributed by atoms with Gasteiger partial charge in [0.05, 0.1) is 11.7 Å². The number of amides is 2. The number of nitrogens with one attached hydrogen (secondary N) is 1. The van der Waals surface area contributed by atoms with Crippen molar-refractivity contribution < 1.29 is 14.1 Å². The Kier molecular flexibility index (Phi) is 3.83. The van der Waals surface area contributed by atoms with Crippen LogP contribution >= 0.6 is 0 Å². The van der Waals surface area contributed by atoms with Gasteiger partial charge in [-0.15, -0.1) is 0 Å². The van der Waals surface area contributed by atoms with E-state index in [2.05, 4.69) is 10.5 Å². The molecule has 3 atom stereocenters. The van der Waals surface area contributed by atoms with Crippen molar-refractivity contribution in [2.24, 2.45) is 0 Å². The highest BCUT2D eigenvalue weighted by atomic mass is 16.5. The van der Waals surface area contributed by atoms with Crippen molar-refractivity contribution in [3.63, 3.8) is 0 Å². The van der Waals surface area contributed by atoms with Crippen LogP contribution in [0.1, 0.15) is 50.3 Å². The normalized spacial score (nSPS) is 24.8. The standard InChI is InChI=1S/C14H21N3O3/c1-6-11-13(18)15-8(3)14(19)17(11)9(4)12-7(2)16-20-10(12)5/h8-9,11H,6H2,1-5H3,(H,15,18). The number of carbonyl (C=O) groups excluding carboxylic acids is 2. The second-order valence-electron chi connectivity index (χ2n) is 5.31. The fourth-order valence-corrected chi connectivity index (χ4v) is 2.94. The van der Waals surface area contributed by atoms with Crippen molar-refractivity contribution >= 4 is 11.8 Å². The van der Waals surface area contributed by atoms with Crippen LogP contribution in [0, 0.1) is 13.8 Å². The van der Waals surface area contributed by atoms with E-state index in [-0.39, 0.29) is 17.9 Å². The molecule has 2 amide bonds. The van der Waals surface area contributed by atoms with Gasteiger partial charge in [-0.25, -0.2) is 0 Å². The summed E-state index contributed by atoms with van der Waals surface area (Å²) < 4.78 is 5.18. The molecule has 2 heterocycles. The Labute approximate surface area is 118 Å². The average molecular weight is 279 g/mol. The summed E-state index contributed by atoms with van der Waals surface area (Å²) in [5, 5.41) is 6.65. The summed E-state index contributed by atoms with van der Waals surface area (Å²) in [6.07, 6.45) is 0.581. The van der Waals surface area contributed by atoms with Gasteiger partial charge in [0.25, 0.3) is 0 Å². The van der Waals surface area contributed by atoms with Gasteiger partial charge in [-0.1, -0.05) is 12.1 Å². The first-order valence-electron chi connectivity index (χ1n) is 6.93. The van der Waals surface area contributed by atoms with Crippen LogP contribution < -0.4 is 5.32 Å². The highest BCUT2D eigenvalue weighted by Gasteiger charge is 2.41. The van der Waals surface area contributed by atoms with Crippen LogP contribution in [0.4, 0.5) is 0 Å². The Morgan fingerprint density at radius 1 is 1.40 bits per heavy atom. The van der Waals surface area contributed by atoms with Gasteiger partial charge < -0.3 is 14.7 Å². The monoisotopic (exact) mass is 279 g/mol. The first kappa shape index (κ1) is 14.6. The van der Waals surface area contributed by atoms with E-state index in [0.29, 0.717) is 12.2 Å². The molecular formula is C14H21N3O3. The Bertz CT molecular complexity index is 518. The van der Waals surface area contributed by atoms with Crippen LogP contribution in [0.15, 0.2) is 4.52 Å². The molecule has 0 aliphatic carbocycles. The molecule has 0 radical (unpaired) electrons. The van der Waals surface area contributed by atoms with Gasteiger partial charge in [0.2, 0.25) is 11.8 Å². The largest absolute Gasteiger partial charge is 0.361 e. The third kappa shape index (κ3) is 2.19. The SMILES string of the molecule is CCC1C(=O)NC(C)C(=O)N1C(C)c1c(C)noc1C. The number of nitrogens with zero attached hydrogens (tertiary/aromatic N) is 2. The molecule has 110 valence electrons. The Balaban J connectivity index is 2.41. The molecule has 1 aromatic rings. The first-order valence-corrected chi connectivity index (χ1v) is 6.93. The summed E-state index contributed by atoms with van der Waals surface area (Å²) in [6, 6.07) is -1.16. The zero-order valence-corrected chi connectivity index (χ0v) is 12.6. The van der Waals surface area contributed by atoms with Crippen LogP contribution in [0.3, 0.4) is 0 Å².